The zero-order valence-electron chi connectivity index (χ0n) is 11.6. The molecule has 0 bridgehead atoms. The normalized spacial score (nSPS) is 16.6. The van der Waals surface area contributed by atoms with E-state index in [9.17, 15) is 9.18 Å². The summed E-state index contributed by atoms with van der Waals surface area (Å²) in [5.41, 5.74) is 0.935. The second-order valence-corrected chi connectivity index (χ2v) is 5.05. The van der Waals surface area contributed by atoms with Crippen LogP contribution in [-0.2, 0) is 11.3 Å². The van der Waals surface area contributed by atoms with Gasteiger partial charge in [-0.15, -0.1) is 0 Å². The number of hydrogen-bond acceptors (Lipinski definition) is 3. The molecule has 1 aliphatic heterocycles. The number of halogens is 1. The highest BCUT2D eigenvalue weighted by Gasteiger charge is 2.17. The molecule has 0 atom stereocenters. The van der Waals surface area contributed by atoms with Crippen molar-refractivity contribution in [3.8, 4) is 6.07 Å². The fourth-order valence-electron chi connectivity index (χ4n) is 2.43. The van der Waals surface area contributed by atoms with Crippen LogP contribution in [0.25, 0.3) is 0 Å². The fourth-order valence-corrected chi connectivity index (χ4v) is 2.43. The van der Waals surface area contributed by atoms with Gasteiger partial charge in [-0.2, -0.15) is 5.26 Å². The number of amides is 1. The van der Waals surface area contributed by atoms with Gasteiger partial charge in [-0.3, -0.25) is 9.69 Å². The molecule has 0 unspecified atom stereocenters. The van der Waals surface area contributed by atoms with Crippen molar-refractivity contribution in [2.75, 3.05) is 26.2 Å². The number of hydrogen-bond donors (Lipinski definition) is 0. The van der Waals surface area contributed by atoms with Gasteiger partial charge in [-0.25, -0.2) is 4.39 Å². The van der Waals surface area contributed by atoms with E-state index in [0.29, 0.717) is 24.2 Å². The first-order chi connectivity index (χ1) is 9.60. The van der Waals surface area contributed by atoms with Gasteiger partial charge in [0.2, 0.25) is 5.91 Å². The van der Waals surface area contributed by atoms with Crippen molar-refractivity contribution in [1.29, 1.82) is 5.26 Å². The Kier molecular flexibility index (Phi) is 4.70. The largest absolute Gasteiger partial charge is 0.342 e. The molecule has 2 rings (SSSR count). The van der Waals surface area contributed by atoms with Gasteiger partial charge in [0.1, 0.15) is 5.82 Å². The first-order valence-corrected chi connectivity index (χ1v) is 6.76. The maximum atomic E-state index is 13.9. The van der Waals surface area contributed by atoms with Gasteiger partial charge < -0.3 is 4.90 Å². The zero-order valence-corrected chi connectivity index (χ0v) is 11.6. The molecule has 1 heterocycles. The van der Waals surface area contributed by atoms with E-state index >= 15 is 0 Å². The number of carbonyl (C=O) groups is 1. The van der Waals surface area contributed by atoms with Gasteiger partial charge >= 0.3 is 0 Å². The second kappa shape index (κ2) is 6.49. The molecule has 5 heteroatoms. The second-order valence-electron chi connectivity index (χ2n) is 5.05. The van der Waals surface area contributed by atoms with E-state index in [4.69, 9.17) is 5.26 Å². The molecule has 1 aromatic rings. The molecule has 0 aliphatic carbocycles. The predicted molar refractivity (Wildman–Crippen MR) is 73.3 cm³/mol. The Morgan fingerprint density at radius 2 is 2.15 bits per heavy atom. The maximum Gasteiger partial charge on any atom is 0.219 e. The quantitative estimate of drug-likeness (QED) is 0.826. The average molecular weight is 275 g/mol. The number of benzene rings is 1. The summed E-state index contributed by atoms with van der Waals surface area (Å²) in [4.78, 5) is 15.3. The summed E-state index contributed by atoms with van der Waals surface area (Å²) in [5.74, 6) is -0.242. The molecule has 0 spiro atoms. The lowest BCUT2D eigenvalue weighted by Crippen LogP contribution is -2.33. The van der Waals surface area contributed by atoms with Crippen molar-refractivity contribution in [3.05, 3.63) is 35.1 Å². The van der Waals surface area contributed by atoms with Crippen molar-refractivity contribution >= 4 is 5.91 Å². The van der Waals surface area contributed by atoms with E-state index in [1.807, 2.05) is 11.0 Å². The standard InChI is InChI=1S/C15H18FN3O/c1-12(20)19-6-2-5-18(7-8-19)11-14-4-3-13(10-17)9-15(14)16/h3-4,9H,2,5-8,11H2,1H3. The minimum Gasteiger partial charge on any atom is -0.342 e. The predicted octanol–water partition coefficient (Wildman–Crippen LogP) is 1.75. The van der Waals surface area contributed by atoms with Gasteiger partial charge in [-0.1, -0.05) is 6.07 Å². The van der Waals surface area contributed by atoms with Gasteiger partial charge in [0.15, 0.2) is 0 Å². The lowest BCUT2D eigenvalue weighted by atomic mass is 10.1. The molecule has 0 saturated carbocycles. The van der Waals surface area contributed by atoms with E-state index in [0.717, 1.165) is 26.1 Å². The molecular formula is C15H18FN3O. The average Bonchev–Trinajstić information content (AvgIpc) is 2.66. The molecule has 0 aromatic heterocycles. The third-order valence-electron chi connectivity index (χ3n) is 3.61. The molecule has 106 valence electrons. The van der Waals surface area contributed by atoms with Crippen molar-refractivity contribution in [1.82, 2.24) is 9.80 Å². The summed E-state index contributed by atoms with van der Waals surface area (Å²) in [6.07, 6.45) is 0.900. The van der Waals surface area contributed by atoms with Crippen molar-refractivity contribution in [3.63, 3.8) is 0 Å². The van der Waals surface area contributed by atoms with Crippen LogP contribution in [0.4, 0.5) is 4.39 Å². The van der Waals surface area contributed by atoms with Crippen LogP contribution in [0.2, 0.25) is 0 Å². The van der Waals surface area contributed by atoms with Crippen molar-refractivity contribution in [2.45, 2.75) is 19.9 Å². The Morgan fingerprint density at radius 1 is 1.35 bits per heavy atom. The summed E-state index contributed by atoms with van der Waals surface area (Å²) in [6, 6.07) is 6.51. The molecule has 1 saturated heterocycles. The molecule has 1 fully saturated rings. The third-order valence-corrected chi connectivity index (χ3v) is 3.61. The molecule has 1 aliphatic rings. The summed E-state index contributed by atoms with van der Waals surface area (Å²) in [7, 11) is 0. The highest BCUT2D eigenvalue weighted by atomic mass is 19.1. The molecule has 0 radical (unpaired) electrons. The Hall–Kier alpha value is -1.93. The van der Waals surface area contributed by atoms with E-state index in [1.54, 1.807) is 19.1 Å². The Morgan fingerprint density at radius 3 is 2.80 bits per heavy atom. The summed E-state index contributed by atoms with van der Waals surface area (Å²) < 4.78 is 13.9. The van der Waals surface area contributed by atoms with Gasteiger partial charge in [0.25, 0.3) is 0 Å². The van der Waals surface area contributed by atoms with Crippen LogP contribution >= 0.6 is 0 Å². The number of nitriles is 1. The zero-order chi connectivity index (χ0) is 14.5. The van der Waals surface area contributed by atoms with Crippen molar-refractivity contribution in [2.24, 2.45) is 0 Å². The summed E-state index contributed by atoms with van der Waals surface area (Å²) in [5, 5.41) is 8.73. The van der Waals surface area contributed by atoms with Crippen LogP contribution < -0.4 is 0 Å². The topological polar surface area (TPSA) is 47.3 Å². The van der Waals surface area contributed by atoms with E-state index in [1.165, 1.54) is 6.07 Å². The first kappa shape index (κ1) is 14.5. The Labute approximate surface area is 118 Å². The number of carbonyl (C=O) groups excluding carboxylic acids is 1. The highest BCUT2D eigenvalue weighted by molar-refractivity contribution is 5.73. The van der Waals surface area contributed by atoms with E-state index in [2.05, 4.69) is 4.90 Å². The first-order valence-electron chi connectivity index (χ1n) is 6.76. The Balaban J connectivity index is 2.00. The smallest absolute Gasteiger partial charge is 0.219 e. The van der Waals surface area contributed by atoms with Gasteiger partial charge in [0, 0.05) is 45.2 Å². The monoisotopic (exact) mass is 275 g/mol. The van der Waals surface area contributed by atoms with E-state index < -0.39 is 0 Å². The lowest BCUT2D eigenvalue weighted by molar-refractivity contribution is -0.128. The SMILES string of the molecule is CC(=O)N1CCCN(Cc2ccc(C#N)cc2F)CC1. The van der Waals surface area contributed by atoms with Crippen LogP contribution in [0, 0.1) is 17.1 Å². The maximum absolute atomic E-state index is 13.9. The van der Waals surface area contributed by atoms with Gasteiger partial charge in [-0.05, 0) is 18.6 Å². The molecular weight excluding hydrogens is 257 g/mol. The van der Waals surface area contributed by atoms with Crippen molar-refractivity contribution < 1.29 is 9.18 Å². The van der Waals surface area contributed by atoms with Crippen LogP contribution in [-0.4, -0.2) is 41.9 Å². The minimum absolute atomic E-state index is 0.0939. The molecule has 1 amide bonds. The number of nitrogens with zero attached hydrogens (tertiary/aromatic N) is 3. The Bertz CT molecular complexity index is 538. The van der Waals surface area contributed by atoms with E-state index in [-0.39, 0.29) is 11.7 Å². The minimum atomic E-state index is -0.336. The molecule has 0 N–H and O–H groups in total. The molecule has 20 heavy (non-hydrogen) atoms. The van der Waals surface area contributed by atoms with Crippen LogP contribution in [0.1, 0.15) is 24.5 Å². The lowest BCUT2D eigenvalue weighted by Gasteiger charge is -2.21. The summed E-state index contributed by atoms with van der Waals surface area (Å²) in [6.45, 7) is 5.15. The fraction of sp³-hybridized carbons (Fsp3) is 0.467. The summed E-state index contributed by atoms with van der Waals surface area (Å²) >= 11 is 0. The van der Waals surface area contributed by atoms with Crippen LogP contribution in [0.5, 0.6) is 0 Å². The molecule has 4 nitrogen and oxygen atoms in total. The van der Waals surface area contributed by atoms with Crippen LogP contribution in [0.15, 0.2) is 18.2 Å². The molecule has 1 aromatic carbocycles. The van der Waals surface area contributed by atoms with Gasteiger partial charge in [0.05, 0.1) is 11.6 Å². The third kappa shape index (κ3) is 3.55. The highest BCUT2D eigenvalue weighted by Crippen LogP contribution is 2.14. The van der Waals surface area contributed by atoms with Crippen LogP contribution in [0.3, 0.4) is 0 Å². The number of rotatable bonds is 2.